The molecule has 2 aromatic heterocycles. The molecule has 4 rings (SSSR count). The highest BCUT2D eigenvalue weighted by Gasteiger charge is 2.18. The fourth-order valence-electron chi connectivity index (χ4n) is 3.60. The van der Waals surface area contributed by atoms with Crippen LogP contribution in [0.2, 0.25) is 0 Å². The molecule has 7 nitrogen and oxygen atoms in total. The summed E-state index contributed by atoms with van der Waals surface area (Å²) >= 11 is 3.56. The van der Waals surface area contributed by atoms with E-state index in [9.17, 15) is 0 Å². The van der Waals surface area contributed by atoms with Crippen molar-refractivity contribution in [1.82, 2.24) is 15.2 Å². The second kappa shape index (κ2) is 8.51. The van der Waals surface area contributed by atoms with Crippen LogP contribution in [0.4, 0.5) is 11.6 Å². The molecule has 3 heterocycles. The zero-order chi connectivity index (χ0) is 20.4. The standard InChI is InChI=1S/C21H24BrN5O2/c1-13(15-5-4-6-18(22)20(15)28-3)24-21-16-11-19(27-7-9-29-10-8-27)23-12-17(16)14(2)25-26-21/h4-6,11-13H,7-10H2,1-3H3,(H,24,26)/t13-/m1/s1. The van der Waals surface area contributed by atoms with Gasteiger partial charge in [0, 0.05) is 35.6 Å². The van der Waals surface area contributed by atoms with E-state index in [2.05, 4.69) is 54.3 Å². The molecule has 1 atom stereocenters. The van der Waals surface area contributed by atoms with Crippen molar-refractivity contribution in [3.8, 4) is 5.75 Å². The molecule has 3 aromatic rings. The number of methoxy groups -OCH3 is 1. The average molecular weight is 458 g/mol. The molecule has 0 spiro atoms. The highest BCUT2D eigenvalue weighted by atomic mass is 79.9. The van der Waals surface area contributed by atoms with E-state index in [4.69, 9.17) is 9.47 Å². The van der Waals surface area contributed by atoms with Crippen LogP contribution in [0.1, 0.15) is 24.2 Å². The van der Waals surface area contributed by atoms with Crippen molar-refractivity contribution in [3.63, 3.8) is 0 Å². The second-order valence-electron chi connectivity index (χ2n) is 7.05. The van der Waals surface area contributed by atoms with Crippen molar-refractivity contribution in [2.75, 3.05) is 43.6 Å². The Morgan fingerprint density at radius 3 is 2.76 bits per heavy atom. The minimum atomic E-state index is -0.0253. The normalized spacial score (nSPS) is 15.4. The van der Waals surface area contributed by atoms with Crippen molar-refractivity contribution in [3.05, 3.63) is 46.2 Å². The van der Waals surface area contributed by atoms with E-state index in [0.29, 0.717) is 0 Å². The molecule has 0 bridgehead atoms. The molecule has 0 saturated carbocycles. The van der Waals surface area contributed by atoms with E-state index in [1.165, 1.54) is 0 Å². The van der Waals surface area contributed by atoms with Crippen molar-refractivity contribution in [2.24, 2.45) is 0 Å². The Balaban J connectivity index is 1.71. The number of nitrogens with zero attached hydrogens (tertiary/aromatic N) is 4. The first-order valence-corrected chi connectivity index (χ1v) is 10.4. The van der Waals surface area contributed by atoms with Crippen molar-refractivity contribution >= 4 is 38.3 Å². The lowest BCUT2D eigenvalue weighted by Gasteiger charge is -2.28. The molecule has 0 unspecified atom stereocenters. The van der Waals surface area contributed by atoms with Gasteiger partial charge >= 0.3 is 0 Å². The van der Waals surface area contributed by atoms with E-state index < -0.39 is 0 Å². The number of anilines is 2. The number of hydrogen-bond donors (Lipinski definition) is 1. The molecular weight excluding hydrogens is 434 g/mol. The maximum absolute atomic E-state index is 5.59. The molecule has 1 N–H and O–H groups in total. The highest BCUT2D eigenvalue weighted by molar-refractivity contribution is 9.10. The van der Waals surface area contributed by atoms with E-state index >= 15 is 0 Å². The molecule has 29 heavy (non-hydrogen) atoms. The van der Waals surface area contributed by atoms with Gasteiger partial charge in [-0.3, -0.25) is 0 Å². The summed E-state index contributed by atoms with van der Waals surface area (Å²) in [5, 5.41) is 14.3. The van der Waals surface area contributed by atoms with Gasteiger partial charge in [-0.2, -0.15) is 5.10 Å². The Hall–Kier alpha value is -2.45. The molecule has 1 saturated heterocycles. The summed E-state index contributed by atoms with van der Waals surface area (Å²) in [4.78, 5) is 6.90. The molecule has 1 aliphatic heterocycles. The maximum Gasteiger partial charge on any atom is 0.157 e. The van der Waals surface area contributed by atoms with Gasteiger partial charge in [0.1, 0.15) is 11.6 Å². The van der Waals surface area contributed by atoms with Crippen LogP contribution in [0.15, 0.2) is 34.9 Å². The Labute approximate surface area is 178 Å². The summed E-state index contributed by atoms with van der Waals surface area (Å²) in [6.07, 6.45) is 1.89. The zero-order valence-corrected chi connectivity index (χ0v) is 18.4. The summed E-state index contributed by atoms with van der Waals surface area (Å²) in [5.74, 6) is 2.48. The van der Waals surface area contributed by atoms with Gasteiger partial charge in [0.05, 0.1) is 36.5 Å². The number of hydrogen-bond acceptors (Lipinski definition) is 7. The number of ether oxygens (including phenoxy) is 2. The van der Waals surface area contributed by atoms with Gasteiger partial charge in [0.25, 0.3) is 0 Å². The lowest BCUT2D eigenvalue weighted by molar-refractivity contribution is 0.122. The molecule has 1 aromatic carbocycles. The van der Waals surface area contributed by atoms with Crippen LogP contribution in [-0.4, -0.2) is 48.6 Å². The topological polar surface area (TPSA) is 72.4 Å². The summed E-state index contributed by atoms with van der Waals surface area (Å²) < 4.78 is 12.0. The largest absolute Gasteiger partial charge is 0.495 e. The Morgan fingerprint density at radius 1 is 1.21 bits per heavy atom. The lowest BCUT2D eigenvalue weighted by Crippen LogP contribution is -2.36. The van der Waals surface area contributed by atoms with Crippen molar-refractivity contribution < 1.29 is 9.47 Å². The van der Waals surface area contributed by atoms with Crippen LogP contribution in [0, 0.1) is 6.92 Å². The maximum atomic E-state index is 5.59. The van der Waals surface area contributed by atoms with Gasteiger partial charge in [-0.25, -0.2) is 4.98 Å². The number of benzene rings is 1. The fourth-order valence-corrected chi connectivity index (χ4v) is 4.14. The monoisotopic (exact) mass is 457 g/mol. The average Bonchev–Trinajstić information content (AvgIpc) is 2.76. The molecule has 0 aliphatic carbocycles. The van der Waals surface area contributed by atoms with Crippen molar-refractivity contribution in [1.29, 1.82) is 0 Å². The Morgan fingerprint density at radius 2 is 2.00 bits per heavy atom. The smallest absolute Gasteiger partial charge is 0.157 e. The predicted molar refractivity (Wildman–Crippen MR) is 118 cm³/mol. The van der Waals surface area contributed by atoms with E-state index in [-0.39, 0.29) is 6.04 Å². The van der Waals surface area contributed by atoms with E-state index in [0.717, 1.165) is 70.2 Å². The number of aryl methyl sites for hydroxylation is 1. The molecular formula is C21H24BrN5O2. The first kappa shape index (κ1) is 19.8. The van der Waals surface area contributed by atoms with Crippen LogP contribution < -0.4 is 15.0 Å². The predicted octanol–water partition coefficient (Wildman–Crippen LogP) is 4.11. The van der Waals surface area contributed by atoms with Gasteiger partial charge in [-0.1, -0.05) is 12.1 Å². The minimum Gasteiger partial charge on any atom is -0.495 e. The van der Waals surface area contributed by atoms with E-state index in [1.807, 2.05) is 31.3 Å². The first-order chi connectivity index (χ1) is 14.1. The molecule has 8 heteroatoms. The number of aromatic nitrogens is 3. The van der Waals surface area contributed by atoms with Crippen LogP contribution in [-0.2, 0) is 4.74 Å². The number of halogens is 1. The fraction of sp³-hybridized carbons (Fsp3) is 0.381. The second-order valence-corrected chi connectivity index (χ2v) is 7.90. The third kappa shape index (κ3) is 4.00. The number of nitrogens with one attached hydrogen (secondary N) is 1. The van der Waals surface area contributed by atoms with Crippen LogP contribution >= 0.6 is 15.9 Å². The van der Waals surface area contributed by atoms with Crippen LogP contribution in [0.25, 0.3) is 10.8 Å². The summed E-state index contributed by atoms with van der Waals surface area (Å²) in [5.41, 5.74) is 1.90. The summed E-state index contributed by atoms with van der Waals surface area (Å²) in [6, 6.07) is 8.08. The third-order valence-electron chi connectivity index (χ3n) is 5.19. The number of fused-ring (bicyclic) bond motifs is 1. The number of para-hydroxylation sites is 1. The number of morpholine rings is 1. The SMILES string of the molecule is COc1c(Br)cccc1[C@@H](C)Nc1nnc(C)c2cnc(N3CCOCC3)cc12. The van der Waals surface area contributed by atoms with E-state index in [1.54, 1.807) is 7.11 Å². The molecule has 0 radical (unpaired) electrons. The Bertz CT molecular complexity index is 1020. The number of pyridine rings is 1. The van der Waals surface area contributed by atoms with Crippen LogP contribution in [0.3, 0.4) is 0 Å². The summed E-state index contributed by atoms with van der Waals surface area (Å²) in [6.45, 7) is 7.16. The lowest BCUT2D eigenvalue weighted by atomic mass is 10.1. The van der Waals surface area contributed by atoms with Gasteiger partial charge in [-0.05, 0) is 41.9 Å². The van der Waals surface area contributed by atoms with Gasteiger partial charge in [0.15, 0.2) is 5.82 Å². The Kier molecular flexibility index (Phi) is 5.82. The van der Waals surface area contributed by atoms with Gasteiger partial charge in [-0.15, -0.1) is 5.10 Å². The van der Waals surface area contributed by atoms with Crippen molar-refractivity contribution in [2.45, 2.75) is 19.9 Å². The first-order valence-electron chi connectivity index (χ1n) is 9.63. The highest BCUT2D eigenvalue weighted by Crippen LogP contribution is 2.35. The minimum absolute atomic E-state index is 0.0253. The molecule has 0 amide bonds. The quantitative estimate of drug-likeness (QED) is 0.617. The molecule has 1 aliphatic rings. The zero-order valence-electron chi connectivity index (χ0n) is 16.8. The summed E-state index contributed by atoms with van der Waals surface area (Å²) in [7, 11) is 1.68. The number of rotatable bonds is 5. The van der Waals surface area contributed by atoms with Gasteiger partial charge < -0.3 is 19.7 Å². The van der Waals surface area contributed by atoms with Crippen LogP contribution in [0.5, 0.6) is 5.75 Å². The third-order valence-corrected chi connectivity index (χ3v) is 5.82. The molecule has 1 fully saturated rings. The molecule has 152 valence electrons. The van der Waals surface area contributed by atoms with Gasteiger partial charge in [0.2, 0.25) is 0 Å².